The van der Waals surface area contributed by atoms with Crippen LogP contribution >= 0.6 is 0 Å². The zero-order valence-corrected chi connectivity index (χ0v) is 9.03. The van der Waals surface area contributed by atoms with Crippen molar-refractivity contribution >= 4 is 12.0 Å². The molecule has 0 fully saturated rings. The van der Waals surface area contributed by atoms with Gasteiger partial charge < -0.3 is 5.32 Å². The first-order valence-electron chi connectivity index (χ1n) is 5.03. The number of nitriles is 1. The molecule has 0 saturated carbocycles. The lowest BCUT2D eigenvalue weighted by Crippen LogP contribution is -2.25. The first-order chi connectivity index (χ1) is 7.77. The fourth-order valence-corrected chi connectivity index (χ4v) is 1.05. The van der Waals surface area contributed by atoms with E-state index >= 15 is 0 Å². The summed E-state index contributed by atoms with van der Waals surface area (Å²) in [6, 6.07) is 1.83. The van der Waals surface area contributed by atoms with Gasteiger partial charge in [0.25, 0.3) is 5.91 Å². The number of unbranched alkanes of at least 4 members (excludes halogenated alkanes) is 1. The predicted molar refractivity (Wildman–Crippen MR) is 57.9 cm³/mol. The van der Waals surface area contributed by atoms with Crippen LogP contribution in [0.2, 0.25) is 0 Å². The number of carbonyl (C=O) groups is 1. The summed E-state index contributed by atoms with van der Waals surface area (Å²) in [4.78, 5) is 11.5. The molecule has 0 aromatic carbocycles. The van der Waals surface area contributed by atoms with Crippen molar-refractivity contribution < 1.29 is 4.79 Å². The minimum absolute atomic E-state index is 0.0324. The van der Waals surface area contributed by atoms with Gasteiger partial charge in [-0.05, 0) is 12.5 Å². The average Bonchev–Trinajstić information content (AvgIpc) is 2.78. The van der Waals surface area contributed by atoms with Crippen molar-refractivity contribution in [3.05, 3.63) is 17.5 Å². The highest BCUT2D eigenvalue weighted by atomic mass is 16.1. The van der Waals surface area contributed by atoms with Gasteiger partial charge in [-0.15, -0.1) is 0 Å². The number of aromatic nitrogens is 3. The summed E-state index contributed by atoms with van der Waals surface area (Å²) in [5.41, 5.74) is 0.493. The number of rotatable bonds is 5. The molecule has 2 N–H and O–H groups in total. The second kappa shape index (κ2) is 6.35. The van der Waals surface area contributed by atoms with Gasteiger partial charge >= 0.3 is 0 Å². The summed E-state index contributed by atoms with van der Waals surface area (Å²) in [5, 5.41) is 21.2. The van der Waals surface area contributed by atoms with Crippen LogP contribution in [0.25, 0.3) is 6.08 Å². The highest BCUT2D eigenvalue weighted by Gasteiger charge is 2.08. The van der Waals surface area contributed by atoms with Crippen LogP contribution in [0.4, 0.5) is 0 Å². The smallest absolute Gasteiger partial charge is 0.262 e. The number of nitrogens with one attached hydrogen (secondary N) is 2. The molecule has 0 saturated heterocycles. The van der Waals surface area contributed by atoms with E-state index < -0.39 is 0 Å². The molecule has 6 nitrogen and oxygen atoms in total. The molecule has 1 heterocycles. The first kappa shape index (κ1) is 11.9. The molecule has 0 aliphatic heterocycles. The quantitative estimate of drug-likeness (QED) is 0.431. The lowest BCUT2D eigenvalue weighted by atomic mass is 10.2. The fourth-order valence-electron chi connectivity index (χ4n) is 1.05. The highest BCUT2D eigenvalue weighted by molar-refractivity contribution is 6.01. The largest absolute Gasteiger partial charge is 0.351 e. The van der Waals surface area contributed by atoms with Crippen molar-refractivity contribution in [2.45, 2.75) is 19.8 Å². The Kier molecular flexibility index (Phi) is 4.73. The molecule has 0 atom stereocenters. The van der Waals surface area contributed by atoms with Crippen molar-refractivity contribution in [2.75, 3.05) is 6.54 Å². The number of hydrogen-bond donors (Lipinski definition) is 2. The van der Waals surface area contributed by atoms with Crippen LogP contribution in [0, 0.1) is 11.3 Å². The van der Waals surface area contributed by atoms with Crippen LogP contribution in [0.15, 0.2) is 11.8 Å². The maximum Gasteiger partial charge on any atom is 0.262 e. The SMILES string of the molecule is CCCCNC(=O)/C(C#N)=C\c1cn[nH]n1. The maximum atomic E-state index is 11.5. The van der Waals surface area contributed by atoms with E-state index in [1.165, 1.54) is 12.3 Å². The number of hydrogen-bond acceptors (Lipinski definition) is 4. The molecular formula is C10H13N5O. The van der Waals surface area contributed by atoms with E-state index in [4.69, 9.17) is 5.26 Å². The molecule has 16 heavy (non-hydrogen) atoms. The van der Waals surface area contributed by atoms with E-state index in [9.17, 15) is 4.79 Å². The molecule has 84 valence electrons. The minimum Gasteiger partial charge on any atom is -0.351 e. The van der Waals surface area contributed by atoms with Gasteiger partial charge in [-0.25, -0.2) is 0 Å². The van der Waals surface area contributed by atoms with Gasteiger partial charge in [0, 0.05) is 6.54 Å². The zero-order valence-electron chi connectivity index (χ0n) is 9.03. The number of aromatic amines is 1. The van der Waals surface area contributed by atoms with Crippen molar-refractivity contribution in [2.24, 2.45) is 0 Å². The Morgan fingerprint density at radius 2 is 2.56 bits per heavy atom. The summed E-state index contributed by atoms with van der Waals surface area (Å²) in [5.74, 6) is -0.376. The number of amides is 1. The average molecular weight is 219 g/mol. The van der Waals surface area contributed by atoms with Gasteiger partial charge in [-0.1, -0.05) is 13.3 Å². The Morgan fingerprint density at radius 1 is 1.75 bits per heavy atom. The van der Waals surface area contributed by atoms with Gasteiger partial charge in [0.1, 0.15) is 17.3 Å². The van der Waals surface area contributed by atoms with Crippen LogP contribution in [0.5, 0.6) is 0 Å². The van der Waals surface area contributed by atoms with Gasteiger partial charge in [-0.3, -0.25) is 4.79 Å². The Labute approximate surface area is 93.4 Å². The number of nitrogens with zero attached hydrogens (tertiary/aromatic N) is 3. The molecule has 1 aromatic heterocycles. The van der Waals surface area contributed by atoms with E-state index in [0.29, 0.717) is 12.2 Å². The maximum absolute atomic E-state index is 11.5. The van der Waals surface area contributed by atoms with Crippen LogP contribution in [-0.2, 0) is 4.79 Å². The Morgan fingerprint density at radius 3 is 3.12 bits per heavy atom. The fraction of sp³-hybridized carbons (Fsp3) is 0.400. The van der Waals surface area contributed by atoms with Crippen molar-refractivity contribution in [1.29, 1.82) is 5.26 Å². The minimum atomic E-state index is -0.376. The monoisotopic (exact) mass is 219 g/mol. The molecule has 0 aliphatic carbocycles. The molecule has 0 aliphatic rings. The Bertz CT molecular complexity index is 401. The summed E-state index contributed by atoms with van der Waals surface area (Å²) in [6.45, 7) is 2.61. The van der Waals surface area contributed by atoms with Crippen molar-refractivity contribution in [1.82, 2.24) is 20.7 Å². The third-order valence-corrected chi connectivity index (χ3v) is 1.91. The molecule has 6 heteroatoms. The van der Waals surface area contributed by atoms with Crippen LogP contribution in [0.3, 0.4) is 0 Å². The van der Waals surface area contributed by atoms with Gasteiger partial charge in [0.05, 0.1) is 6.20 Å². The zero-order chi connectivity index (χ0) is 11.8. The molecule has 0 spiro atoms. The molecule has 0 radical (unpaired) electrons. The normalized spacial score (nSPS) is 10.9. The lowest BCUT2D eigenvalue weighted by Gasteiger charge is -2.01. The molecular weight excluding hydrogens is 206 g/mol. The van der Waals surface area contributed by atoms with E-state index in [1.807, 2.05) is 13.0 Å². The predicted octanol–water partition coefficient (Wildman–Crippen LogP) is 0.628. The first-order valence-corrected chi connectivity index (χ1v) is 5.03. The standard InChI is InChI=1S/C10H13N5O/c1-2-3-4-12-10(16)8(6-11)5-9-7-13-15-14-9/h5,7H,2-4H2,1H3,(H,12,16)(H,13,14,15)/b8-5-. The molecule has 1 amide bonds. The van der Waals surface area contributed by atoms with Crippen molar-refractivity contribution in [3.8, 4) is 6.07 Å². The summed E-state index contributed by atoms with van der Waals surface area (Å²) in [7, 11) is 0. The van der Waals surface area contributed by atoms with Gasteiger partial charge in [0.2, 0.25) is 0 Å². The van der Waals surface area contributed by atoms with Crippen molar-refractivity contribution in [3.63, 3.8) is 0 Å². The second-order valence-corrected chi connectivity index (χ2v) is 3.17. The van der Waals surface area contributed by atoms with Gasteiger partial charge in [0.15, 0.2) is 0 Å². The van der Waals surface area contributed by atoms with Gasteiger partial charge in [-0.2, -0.15) is 20.7 Å². The third kappa shape index (κ3) is 3.53. The van der Waals surface area contributed by atoms with E-state index in [-0.39, 0.29) is 11.5 Å². The molecule has 1 rings (SSSR count). The Hall–Kier alpha value is -2.16. The summed E-state index contributed by atoms with van der Waals surface area (Å²) < 4.78 is 0. The Balaban J connectivity index is 2.61. The summed E-state index contributed by atoms with van der Waals surface area (Å²) >= 11 is 0. The van der Waals surface area contributed by atoms with E-state index in [2.05, 4.69) is 20.7 Å². The van der Waals surface area contributed by atoms with Crippen LogP contribution in [-0.4, -0.2) is 27.9 Å². The number of carbonyl (C=O) groups excluding carboxylic acids is 1. The van der Waals surface area contributed by atoms with Crippen LogP contribution < -0.4 is 5.32 Å². The molecule has 0 unspecified atom stereocenters. The second-order valence-electron chi connectivity index (χ2n) is 3.17. The summed E-state index contributed by atoms with van der Waals surface area (Å²) in [6.07, 6.45) is 4.73. The molecule has 1 aromatic rings. The highest BCUT2D eigenvalue weighted by Crippen LogP contribution is 2.01. The third-order valence-electron chi connectivity index (χ3n) is 1.91. The molecule has 0 bridgehead atoms. The van der Waals surface area contributed by atoms with E-state index in [1.54, 1.807) is 0 Å². The van der Waals surface area contributed by atoms with E-state index in [0.717, 1.165) is 12.8 Å². The number of H-pyrrole nitrogens is 1. The lowest BCUT2D eigenvalue weighted by molar-refractivity contribution is -0.117. The topological polar surface area (TPSA) is 94.5 Å². The van der Waals surface area contributed by atoms with Crippen LogP contribution in [0.1, 0.15) is 25.5 Å².